The van der Waals surface area contributed by atoms with Gasteiger partial charge in [-0.15, -0.1) is 0 Å². The lowest BCUT2D eigenvalue weighted by Gasteiger charge is -2.32. The number of rotatable bonds is 3. The number of nitrogens with zero attached hydrogens (tertiary/aromatic N) is 2. The minimum absolute atomic E-state index is 0.148. The Bertz CT molecular complexity index is 532. The molecule has 108 valence electrons. The number of ether oxygens (including phenoxy) is 1. The van der Waals surface area contributed by atoms with Gasteiger partial charge in [0.15, 0.2) is 0 Å². The van der Waals surface area contributed by atoms with Crippen LogP contribution in [0.1, 0.15) is 15.9 Å². The van der Waals surface area contributed by atoms with Crippen molar-refractivity contribution in [3.8, 4) is 0 Å². The summed E-state index contributed by atoms with van der Waals surface area (Å²) in [6.07, 6.45) is -0.212. The van der Waals surface area contributed by atoms with E-state index in [1.165, 1.54) is 6.07 Å². The fourth-order valence-electron chi connectivity index (χ4n) is 2.29. The quantitative estimate of drug-likeness (QED) is 0.648. The van der Waals surface area contributed by atoms with E-state index in [2.05, 4.69) is 0 Å². The van der Waals surface area contributed by atoms with Gasteiger partial charge in [-0.25, -0.2) is 0 Å². The molecule has 1 saturated heterocycles. The van der Waals surface area contributed by atoms with Gasteiger partial charge < -0.3 is 15.4 Å². The van der Waals surface area contributed by atoms with Gasteiger partial charge in [-0.1, -0.05) is 12.1 Å². The van der Waals surface area contributed by atoms with E-state index < -0.39 is 4.92 Å². The van der Waals surface area contributed by atoms with E-state index >= 15 is 0 Å². The standard InChI is InChI=1S/C13H17N3O4/c1-9-3-2-4-11(16(18)19)12(9)13(17)15-5-6-20-10(7-14)8-15/h2-4,10H,5-8,14H2,1H3. The van der Waals surface area contributed by atoms with Crippen molar-refractivity contribution in [1.82, 2.24) is 4.90 Å². The highest BCUT2D eigenvalue weighted by molar-refractivity contribution is 5.99. The van der Waals surface area contributed by atoms with Gasteiger partial charge in [0.05, 0.1) is 17.6 Å². The van der Waals surface area contributed by atoms with Crippen LogP contribution in [0.5, 0.6) is 0 Å². The second kappa shape index (κ2) is 5.98. The molecule has 1 atom stereocenters. The van der Waals surface area contributed by atoms with Crippen LogP contribution in [0.4, 0.5) is 5.69 Å². The molecule has 2 rings (SSSR count). The highest BCUT2D eigenvalue weighted by atomic mass is 16.6. The summed E-state index contributed by atoms with van der Waals surface area (Å²) in [5, 5.41) is 11.1. The van der Waals surface area contributed by atoms with Crippen LogP contribution in [-0.4, -0.2) is 48.1 Å². The molecule has 1 aliphatic heterocycles. The normalized spacial score (nSPS) is 18.9. The predicted molar refractivity (Wildman–Crippen MR) is 72.5 cm³/mol. The van der Waals surface area contributed by atoms with Crippen molar-refractivity contribution in [2.24, 2.45) is 5.73 Å². The fraction of sp³-hybridized carbons (Fsp3) is 0.462. The molecule has 1 aromatic carbocycles. The topological polar surface area (TPSA) is 98.7 Å². The highest BCUT2D eigenvalue weighted by Gasteiger charge is 2.29. The fourth-order valence-corrected chi connectivity index (χ4v) is 2.29. The largest absolute Gasteiger partial charge is 0.373 e. The van der Waals surface area contributed by atoms with Crippen LogP contribution in [0.3, 0.4) is 0 Å². The summed E-state index contributed by atoms with van der Waals surface area (Å²) in [5.41, 5.74) is 6.13. The molecule has 0 spiro atoms. The van der Waals surface area contributed by atoms with Crippen LogP contribution in [0.15, 0.2) is 18.2 Å². The van der Waals surface area contributed by atoms with E-state index in [1.54, 1.807) is 24.0 Å². The number of aryl methyl sites for hydroxylation is 1. The Morgan fingerprint density at radius 3 is 3.00 bits per heavy atom. The SMILES string of the molecule is Cc1cccc([N+](=O)[O-])c1C(=O)N1CCOC(CN)C1. The number of nitro groups is 1. The molecule has 0 aliphatic carbocycles. The second-order valence-corrected chi connectivity index (χ2v) is 4.71. The van der Waals surface area contributed by atoms with Crippen molar-refractivity contribution in [3.05, 3.63) is 39.4 Å². The van der Waals surface area contributed by atoms with Gasteiger partial charge in [-0.05, 0) is 12.5 Å². The van der Waals surface area contributed by atoms with Crippen LogP contribution in [-0.2, 0) is 4.74 Å². The van der Waals surface area contributed by atoms with Gasteiger partial charge in [0, 0.05) is 25.7 Å². The van der Waals surface area contributed by atoms with Gasteiger partial charge in [0.1, 0.15) is 5.56 Å². The third-order valence-corrected chi connectivity index (χ3v) is 3.35. The number of amides is 1. The van der Waals surface area contributed by atoms with Crippen LogP contribution >= 0.6 is 0 Å². The van der Waals surface area contributed by atoms with Gasteiger partial charge in [-0.3, -0.25) is 14.9 Å². The minimum Gasteiger partial charge on any atom is -0.373 e. The molecular formula is C13H17N3O4. The Morgan fingerprint density at radius 2 is 2.35 bits per heavy atom. The Balaban J connectivity index is 2.31. The molecule has 20 heavy (non-hydrogen) atoms. The van der Waals surface area contributed by atoms with Gasteiger partial charge >= 0.3 is 0 Å². The van der Waals surface area contributed by atoms with E-state index in [0.717, 1.165) is 0 Å². The van der Waals surface area contributed by atoms with E-state index in [0.29, 0.717) is 31.8 Å². The zero-order chi connectivity index (χ0) is 14.7. The summed E-state index contributed by atoms with van der Waals surface area (Å²) >= 11 is 0. The van der Waals surface area contributed by atoms with Gasteiger partial charge in [0.2, 0.25) is 0 Å². The maximum atomic E-state index is 12.5. The summed E-state index contributed by atoms with van der Waals surface area (Å²) in [5.74, 6) is -0.337. The summed E-state index contributed by atoms with van der Waals surface area (Å²) in [6, 6.07) is 4.62. The van der Waals surface area contributed by atoms with E-state index in [-0.39, 0.29) is 23.3 Å². The van der Waals surface area contributed by atoms with Crippen molar-refractivity contribution in [2.45, 2.75) is 13.0 Å². The zero-order valence-corrected chi connectivity index (χ0v) is 11.2. The van der Waals surface area contributed by atoms with Crippen molar-refractivity contribution >= 4 is 11.6 Å². The third kappa shape index (κ3) is 2.78. The predicted octanol–water partition coefficient (Wildman–Crippen LogP) is 0.703. The zero-order valence-electron chi connectivity index (χ0n) is 11.2. The number of hydrogen-bond acceptors (Lipinski definition) is 5. The first-order chi connectivity index (χ1) is 9.54. The molecule has 0 aromatic heterocycles. The number of nitro benzene ring substituents is 1. The van der Waals surface area contributed by atoms with E-state index in [1.807, 2.05) is 0 Å². The number of morpholine rings is 1. The van der Waals surface area contributed by atoms with E-state index in [4.69, 9.17) is 10.5 Å². The monoisotopic (exact) mass is 279 g/mol. The number of hydrogen-bond donors (Lipinski definition) is 1. The summed E-state index contributed by atoms with van der Waals surface area (Å²) in [4.78, 5) is 24.6. The van der Waals surface area contributed by atoms with Crippen LogP contribution in [0.25, 0.3) is 0 Å². The number of nitrogens with two attached hydrogens (primary N) is 1. The van der Waals surface area contributed by atoms with E-state index in [9.17, 15) is 14.9 Å². The number of carbonyl (C=O) groups is 1. The Morgan fingerprint density at radius 1 is 1.60 bits per heavy atom. The molecule has 1 amide bonds. The van der Waals surface area contributed by atoms with Crippen molar-refractivity contribution in [1.29, 1.82) is 0 Å². The average Bonchev–Trinajstić information content (AvgIpc) is 2.46. The molecule has 1 fully saturated rings. The first-order valence-corrected chi connectivity index (χ1v) is 6.39. The molecule has 2 N–H and O–H groups in total. The maximum Gasteiger partial charge on any atom is 0.282 e. The molecule has 1 heterocycles. The molecule has 0 saturated carbocycles. The van der Waals surface area contributed by atoms with Gasteiger partial charge in [-0.2, -0.15) is 0 Å². The molecule has 7 heteroatoms. The minimum atomic E-state index is -0.527. The molecule has 1 aliphatic rings. The number of carbonyl (C=O) groups excluding carboxylic acids is 1. The highest BCUT2D eigenvalue weighted by Crippen LogP contribution is 2.24. The molecule has 0 bridgehead atoms. The van der Waals surface area contributed by atoms with Crippen LogP contribution < -0.4 is 5.73 Å². The molecular weight excluding hydrogens is 262 g/mol. The number of benzene rings is 1. The second-order valence-electron chi connectivity index (χ2n) is 4.71. The van der Waals surface area contributed by atoms with Crippen LogP contribution in [0, 0.1) is 17.0 Å². The first kappa shape index (κ1) is 14.4. The smallest absolute Gasteiger partial charge is 0.282 e. The third-order valence-electron chi connectivity index (χ3n) is 3.35. The molecule has 1 unspecified atom stereocenters. The van der Waals surface area contributed by atoms with Crippen LogP contribution in [0.2, 0.25) is 0 Å². The lowest BCUT2D eigenvalue weighted by Crippen LogP contribution is -2.48. The van der Waals surface area contributed by atoms with Gasteiger partial charge in [0.25, 0.3) is 11.6 Å². The molecule has 1 aromatic rings. The first-order valence-electron chi connectivity index (χ1n) is 6.39. The summed E-state index contributed by atoms with van der Waals surface area (Å²) in [6.45, 7) is 3.19. The Labute approximate surface area is 116 Å². The van der Waals surface area contributed by atoms with Crippen molar-refractivity contribution < 1.29 is 14.5 Å². The molecule has 7 nitrogen and oxygen atoms in total. The maximum absolute atomic E-state index is 12.5. The van der Waals surface area contributed by atoms with Crippen molar-refractivity contribution in [2.75, 3.05) is 26.2 Å². The summed E-state index contributed by atoms with van der Waals surface area (Å²) in [7, 11) is 0. The summed E-state index contributed by atoms with van der Waals surface area (Å²) < 4.78 is 5.40. The Kier molecular flexibility index (Phi) is 4.31. The lowest BCUT2D eigenvalue weighted by molar-refractivity contribution is -0.385. The van der Waals surface area contributed by atoms with Crippen molar-refractivity contribution in [3.63, 3.8) is 0 Å². The average molecular weight is 279 g/mol. The lowest BCUT2D eigenvalue weighted by atomic mass is 10.0. The Hall–Kier alpha value is -1.99. The molecule has 0 radical (unpaired) electrons.